The number of hydrogen-bond donors (Lipinski definition) is 0. The van der Waals surface area contributed by atoms with E-state index >= 15 is 0 Å². The summed E-state index contributed by atoms with van der Waals surface area (Å²) in [5, 5.41) is 3.18. The highest BCUT2D eigenvalue weighted by Crippen LogP contribution is 2.43. The third-order valence-electron chi connectivity index (χ3n) is 5.19. The number of benzene rings is 3. The molecule has 0 saturated heterocycles. The van der Waals surface area contributed by atoms with Crippen molar-refractivity contribution >= 4 is 33.5 Å². The Hall–Kier alpha value is -3.28. The molecule has 0 saturated carbocycles. The van der Waals surface area contributed by atoms with E-state index in [-0.39, 0.29) is 0 Å². The van der Waals surface area contributed by atoms with E-state index in [2.05, 4.69) is 0 Å². The van der Waals surface area contributed by atoms with Crippen molar-refractivity contribution < 1.29 is 28.5 Å². The zero-order valence-corrected chi connectivity index (χ0v) is 19.1. The van der Waals surface area contributed by atoms with E-state index in [1.807, 2.05) is 62.4 Å². The molecular weight excluding hydrogens is 408 g/mol. The molecule has 0 radical (unpaired) electrons. The van der Waals surface area contributed by atoms with Gasteiger partial charge in [-0.15, -0.1) is 0 Å². The number of rotatable bonds is 10. The van der Waals surface area contributed by atoms with Crippen LogP contribution in [0.15, 0.2) is 48.5 Å². The summed E-state index contributed by atoms with van der Waals surface area (Å²) in [6.45, 7) is 7.90. The SMILES string of the molecule is CCOC(=O)C(CC)Oc1c2ccccc2c(OC(CC)C(=O)OCC)c2ccccc12. The lowest BCUT2D eigenvalue weighted by atomic mass is 10.00. The largest absolute Gasteiger partial charge is 0.477 e. The van der Waals surface area contributed by atoms with E-state index in [1.165, 1.54) is 0 Å². The van der Waals surface area contributed by atoms with Gasteiger partial charge in [0.05, 0.1) is 13.2 Å². The van der Waals surface area contributed by atoms with Crippen molar-refractivity contribution in [2.75, 3.05) is 13.2 Å². The van der Waals surface area contributed by atoms with Gasteiger partial charge in [0.2, 0.25) is 0 Å². The van der Waals surface area contributed by atoms with Crippen molar-refractivity contribution in [2.45, 2.75) is 52.7 Å². The first-order valence-electron chi connectivity index (χ1n) is 11.2. The Morgan fingerprint density at radius 1 is 0.625 bits per heavy atom. The minimum Gasteiger partial charge on any atom is -0.477 e. The van der Waals surface area contributed by atoms with Crippen LogP contribution in [0.25, 0.3) is 21.5 Å². The summed E-state index contributed by atoms with van der Waals surface area (Å²) in [4.78, 5) is 24.8. The minimum absolute atomic E-state index is 0.291. The van der Waals surface area contributed by atoms with Gasteiger partial charge in [0, 0.05) is 21.5 Å². The van der Waals surface area contributed by atoms with Gasteiger partial charge in [-0.25, -0.2) is 9.59 Å². The van der Waals surface area contributed by atoms with Crippen molar-refractivity contribution in [2.24, 2.45) is 0 Å². The molecule has 0 N–H and O–H groups in total. The molecule has 0 heterocycles. The molecule has 32 heavy (non-hydrogen) atoms. The van der Waals surface area contributed by atoms with Gasteiger partial charge in [0.15, 0.2) is 12.2 Å². The third kappa shape index (κ3) is 4.79. The lowest BCUT2D eigenvalue weighted by molar-refractivity contribution is -0.152. The quantitative estimate of drug-likeness (QED) is 0.310. The van der Waals surface area contributed by atoms with E-state index in [9.17, 15) is 9.59 Å². The Morgan fingerprint density at radius 2 is 0.938 bits per heavy atom. The van der Waals surface area contributed by atoms with Crippen molar-refractivity contribution in [3.8, 4) is 11.5 Å². The topological polar surface area (TPSA) is 71.1 Å². The summed E-state index contributed by atoms with van der Waals surface area (Å²) >= 11 is 0. The summed E-state index contributed by atoms with van der Waals surface area (Å²) in [6.07, 6.45) is -0.506. The average Bonchev–Trinajstić information content (AvgIpc) is 2.81. The maximum Gasteiger partial charge on any atom is 0.347 e. The molecule has 170 valence electrons. The summed E-state index contributed by atoms with van der Waals surface area (Å²) in [5.41, 5.74) is 0. The van der Waals surface area contributed by atoms with E-state index in [0.29, 0.717) is 37.6 Å². The monoisotopic (exact) mass is 438 g/mol. The third-order valence-corrected chi connectivity index (χ3v) is 5.19. The Kier molecular flexibility index (Phi) is 7.92. The standard InChI is InChI=1S/C26H30O6/c1-5-21(25(27)29-7-3)31-23-17-13-9-11-15-19(17)24(20-16-12-10-14-18(20)23)32-22(6-2)26(28)30-8-4/h9-16,21-22H,5-8H2,1-4H3. The van der Waals surface area contributed by atoms with Crippen LogP contribution in [-0.4, -0.2) is 37.4 Å². The van der Waals surface area contributed by atoms with E-state index in [4.69, 9.17) is 18.9 Å². The summed E-state index contributed by atoms with van der Waals surface area (Å²) in [7, 11) is 0. The normalized spacial score (nSPS) is 12.9. The lowest BCUT2D eigenvalue weighted by Crippen LogP contribution is -2.29. The second-order valence-electron chi connectivity index (χ2n) is 7.28. The van der Waals surface area contributed by atoms with E-state index < -0.39 is 24.1 Å². The van der Waals surface area contributed by atoms with Crippen LogP contribution in [0.2, 0.25) is 0 Å². The number of esters is 2. The fraction of sp³-hybridized carbons (Fsp3) is 0.385. The van der Waals surface area contributed by atoms with E-state index in [0.717, 1.165) is 21.5 Å². The van der Waals surface area contributed by atoms with Crippen LogP contribution in [0.5, 0.6) is 11.5 Å². The number of fused-ring (bicyclic) bond motifs is 2. The first-order chi connectivity index (χ1) is 15.5. The minimum atomic E-state index is -0.726. The van der Waals surface area contributed by atoms with Crippen molar-refractivity contribution in [3.05, 3.63) is 48.5 Å². The lowest BCUT2D eigenvalue weighted by Gasteiger charge is -2.23. The predicted octanol–water partition coefficient (Wildman–Crippen LogP) is 5.43. The Labute approximate surface area is 188 Å². The molecule has 6 heteroatoms. The summed E-state index contributed by atoms with van der Waals surface area (Å²) in [5.74, 6) is 0.397. The number of carbonyl (C=O) groups excluding carboxylic acids is 2. The van der Waals surface area contributed by atoms with Crippen LogP contribution in [0, 0.1) is 0 Å². The zero-order chi connectivity index (χ0) is 23.1. The highest BCUT2D eigenvalue weighted by atomic mass is 16.6. The Morgan fingerprint density at radius 3 is 1.19 bits per heavy atom. The highest BCUT2D eigenvalue weighted by molar-refractivity contribution is 6.11. The molecule has 0 aliphatic rings. The highest BCUT2D eigenvalue weighted by Gasteiger charge is 2.26. The molecule has 0 spiro atoms. The van der Waals surface area contributed by atoms with Gasteiger partial charge in [-0.05, 0) is 26.7 Å². The molecule has 3 rings (SSSR count). The van der Waals surface area contributed by atoms with Gasteiger partial charge >= 0.3 is 11.9 Å². The van der Waals surface area contributed by atoms with Gasteiger partial charge in [-0.3, -0.25) is 0 Å². The summed E-state index contributed by atoms with van der Waals surface area (Å²) < 4.78 is 22.9. The van der Waals surface area contributed by atoms with Gasteiger partial charge in [0.25, 0.3) is 0 Å². The van der Waals surface area contributed by atoms with Gasteiger partial charge in [-0.1, -0.05) is 62.4 Å². The number of ether oxygens (including phenoxy) is 4. The molecular formula is C26H30O6. The van der Waals surface area contributed by atoms with Gasteiger partial charge in [0.1, 0.15) is 11.5 Å². The van der Waals surface area contributed by atoms with Crippen LogP contribution in [-0.2, 0) is 19.1 Å². The second kappa shape index (κ2) is 10.8. The number of carbonyl (C=O) groups is 2. The van der Waals surface area contributed by atoms with Crippen LogP contribution in [0.1, 0.15) is 40.5 Å². The first kappa shape index (κ1) is 23.4. The molecule has 0 fully saturated rings. The molecule has 6 nitrogen and oxygen atoms in total. The Bertz CT molecular complexity index is 947. The van der Waals surface area contributed by atoms with Crippen molar-refractivity contribution in [3.63, 3.8) is 0 Å². The van der Waals surface area contributed by atoms with Gasteiger partial charge in [-0.2, -0.15) is 0 Å². The van der Waals surface area contributed by atoms with Crippen LogP contribution in [0.3, 0.4) is 0 Å². The predicted molar refractivity (Wildman–Crippen MR) is 124 cm³/mol. The molecule has 2 unspecified atom stereocenters. The number of hydrogen-bond acceptors (Lipinski definition) is 6. The van der Waals surface area contributed by atoms with E-state index in [1.54, 1.807) is 13.8 Å². The second-order valence-corrected chi connectivity index (χ2v) is 7.28. The maximum absolute atomic E-state index is 12.4. The molecule has 0 bridgehead atoms. The van der Waals surface area contributed by atoms with Crippen molar-refractivity contribution in [1.82, 2.24) is 0 Å². The van der Waals surface area contributed by atoms with Crippen LogP contribution in [0.4, 0.5) is 0 Å². The average molecular weight is 439 g/mol. The maximum atomic E-state index is 12.4. The summed E-state index contributed by atoms with van der Waals surface area (Å²) in [6, 6.07) is 15.3. The Balaban J connectivity index is 2.18. The zero-order valence-electron chi connectivity index (χ0n) is 19.1. The van der Waals surface area contributed by atoms with Crippen molar-refractivity contribution in [1.29, 1.82) is 0 Å². The molecule has 0 aliphatic carbocycles. The fourth-order valence-electron chi connectivity index (χ4n) is 3.65. The fourth-order valence-corrected chi connectivity index (χ4v) is 3.65. The van der Waals surface area contributed by atoms with Crippen LogP contribution >= 0.6 is 0 Å². The van der Waals surface area contributed by atoms with Crippen LogP contribution < -0.4 is 9.47 Å². The molecule has 2 atom stereocenters. The first-order valence-corrected chi connectivity index (χ1v) is 11.2. The van der Waals surface area contributed by atoms with Gasteiger partial charge < -0.3 is 18.9 Å². The molecule has 0 aromatic heterocycles. The molecule has 0 aliphatic heterocycles. The molecule has 3 aromatic carbocycles. The molecule has 0 amide bonds. The smallest absolute Gasteiger partial charge is 0.347 e. The molecule has 3 aromatic rings.